The molecule has 1 aliphatic rings. The second-order valence-electron chi connectivity index (χ2n) is 7.99. The molecule has 0 N–H and O–H groups in total. The summed E-state index contributed by atoms with van der Waals surface area (Å²) in [7, 11) is 0. The molecule has 2 atom stereocenters. The first-order chi connectivity index (χ1) is 14.5. The van der Waals surface area contributed by atoms with Gasteiger partial charge in [0.05, 0.1) is 25.2 Å². The number of rotatable bonds is 14. The molecule has 1 heterocycles. The summed E-state index contributed by atoms with van der Waals surface area (Å²) in [5.41, 5.74) is 0.503. The number of hydrogen-bond donors (Lipinski definition) is 0. The summed E-state index contributed by atoms with van der Waals surface area (Å²) in [6.45, 7) is 4.93. The first kappa shape index (κ1) is 24.4. The van der Waals surface area contributed by atoms with Crippen molar-refractivity contribution >= 4 is 11.9 Å². The van der Waals surface area contributed by atoms with Crippen molar-refractivity contribution in [1.82, 2.24) is 0 Å². The van der Waals surface area contributed by atoms with Gasteiger partial charge in [-0.2, -0.15) is 0 Å². The predicted molar refractivity (Wildman–Crippen MR) is 114 cm³/mol. The Hall–Kier alpha value is -1.92. The quantitative estimate of drug-likeness (QED) is 0.310. The summed E-state index contributed by atoms with van der Waals surface area (Å²) >= 11 is 0. The summed E-state index contributed by atoms with van der Waals surface area (Å²) in [6, 6.07) is 8.83. The van der Waals surface area contributed by atoms with Crippen molar-refractivity contribution in [1.29, 1.82) is 0 Å². The third-order valence-corrected chi connectivity index (χ3v) is 5.19. The van der Waals surface area contributed by atoms with Gasteiger partial charge in [0.1, 0.15) is 12.7 Å². The lowest BCUT2D eigenvalue weighted by Crippen LogP contribution is -2.29. The van der Waals surface area contributed by atoms with E-state index in [0.29, 0.717) is 25.2 Å². The highest BCUT2D eigenvalue weighted by Crippen LogP contribution is 2.28. The van der Waals surface area contributed by atoms with E-state index < -0.39 is 5.79 Å². The standard InChI is InChI=1S/C24H36O6/c1-3-4-5-6-7-8-12-17-27-22(25)15-16-24(2)29-19-21(30-24)18-28-23(26)20-13-10-9-11-14-20/h9-11,13-14,21H,3-8,12,15-19H2,1-2H3. The van der Waals surface area contributed by atoms with Crippen LogP contribution in [-0.2, 0) is 23.7 Å². The molecule has 2 unspecified atom stereocenters. The second-order valence-corrected chi connectivity index (χ2v) is 7.99. The number of carbonyl (C=O) groups excluding carboxylic acids is 2. The molecule has 6 nitrogen and oxygen atoms in total. The van der Waals surface area contributed by atoms with Crippen LogP contribution in [0.5, 0.6) is 0 Å². The van der Waals surface area contributed by atoms with Crippen LogP contribution in [0.25, 0.3) is 0 Å². The molecular weight excluding hydrogens is 384 g/mol. The zero-order valence-corrected chi connectivity index (χ0v) is 18.4. The van der Waals surface area contributed by atoms with E-state index in [2.05, 4.69) is 6.92 Å². The Balaban J connectivity index is 1.55. The third-order valence-electron chi connectivity index (χ3n) is 5.19. The van der Waals surface area contributed by atoms with Crippen LogP contribution in [0.3, 0.4) is 0 Å². The average Bonchev–Trinajstić information content (AvgIpc) is 3.14. The molecule has 1 aromatic rings. The third kappa shape index (κ3) is 9.26. The van der Waals surface area contributed by atoms with Crippen LogP contribution in [0.4, 0.5) is 0 Å². The maximum Gasteiger partial charge on any atom is 0.338 e. The molecule has 0 aromatic heterocycles. The normalized spacial score (nSPS) is 20.8. The van der Waals surface area contributed by atoms with Gasteiger partial charge in [0.25, 0.3) is 0 Å². The number of hydrogen-bond acceptors (Lipinski definition) is 6. The van der Waals surface area contributed by atoms with Crippen molar-refractivity contribution < 1.29 is 28.5 Å². The molecule has 0 bridgehead atoms. The molecular formula is C24H36O6. The topological polar surface area (TPSA) is 71.1 Å². The van der Waals surface area contributed by atoms with Gasteiger partial charge < -0.3 is 18.9 Å². The number of unbranched alkanes of at least 4 members (excludes halogenated alkanes) is 6. The Kier molecular flexibility index (Phi) is 10.9. The molecule has 0 aliphatic carbocycles. The lowest BCUT2D eigenvalue weighted by molar-refractivity contribution is -0.170. The van der Waals surface area contributed by atoms with Crippen molar-refractivity contribution in [3.8, 4) is 0 Å². The highest BCUT2D eigenvalue weighted by Gasteiger charge is 2.38. The lowest BCUT2D eigenvalue weighted by Gasteiger charge is -2.22. The minimum atomic E-state index is -0.859. The van der Waals surface area contributed by atoms with E-state index in [1.54, 1.807) is 31.2 Å². The van der Waals surface area contributed by atoms with Gasteiger partial charge in [-0.1, -0.05) is 63.6 Å². The summed E-state index contributed by atoms with van der Waals surface area (Å²) in [5, 5.41) is 0. The van der Waals surface area contributed by atoms with E-state index in [-0.39, 0.29) is 31.1 Å². The minimum Gasteiger partial charge on any atom is -0.466 e. The molecule has 1 fully saturated rings. The minimum absolute atomic E-state index is 0.117. The largest absolute Gasteiger partial charge is 0.466 e. The average molecular weight is 421 g/mol. The van der Waals surface area contributed by atoms with E-state index in [4.69, 9.17) is 18.9 Å². The fourth-order valence-electron chi connectivity index (χ4n) is 3.38. The molecule has 0 saturated carbocycles. The van der Waals surface area contributed by atoms with Crippen LogP contribution in [-0.4, -0.2) is 43.7 Å². The molecule has 0 spiro atoms. The van der Waals surface area contributed by atoms with Gasteiger partial charge in [0, 0.05) is 6.42 Å². The molecule has 0 radical (unpaired) electrons. The number of benzene rings is 1. The number of carbonyl (C=O) groups is 2. The monoisotopic (exact) mass is 420 g/mol. The number of ether oxygens (including phenoxy) is 4. The van der Waals surface area contributed by atoms with Crippen molar-refractivity contribution in [2.24, 2.45) is 0 Å². The van der Waals surface area contributed by atoms with Crippen molar-refractivity contribution in [3.63, 3.8) is 0 Å². The van der Waals surface area contributed by atoms with Crippen LogP contribution in [0.15, 0.2) is 30.3 Å². The number of esters is 2. The SMILES string of the molecule is CCCCCCCCCOC(=O)CCC1(C)OCC(COC(=O)c2ccccc2)O1. The molecule has 1 saturated heterocycles. The molecule has 1 aromatic carbocycles. The fourth-order valence-corrected chi connectivity index (χ4v) is 3.38. The molecule has 168 valence electrons. The highest BCUT2D eigenvalue weighted by atomic mass is 16.7. The van der Waals surface area contributed by atoms with Crippen LogP contribution in [0.2, 0.25) is 0 Å². The Morgan fingerprint density at radius 3 is 2.47 bits per heavy atom. The van der Waals surface area contributed by atoms with Gasteiger partial charge in [-0.25, -0.2) is 4.79 Å². The van der Waals surface area contributed by atoms with Crippen LogP contribution < -0.4 is 0 Å². The Morgan fingerprint density at radius 2 is 1.73 bits per heavy atom. The van der Waals surface area contributed by atoms with E-state index in [1.807, 2.05) is 6.07 Å². The first-order valence-corrected chi connectivity index (χ1v) is 11.2. The summed E-state index contributed by atoms with van der Waals surface area (Å²) in [4.78, 5) is 24.0. The predicted octanol–water partition coefficient (Wildman–Crippen LogP) is 5.05. The van der Waals surface area contributed by atoms with E-state index >= 15 is 0 Å². The smallest absolute Gasteiger partial charge is 0.338 e. The zero-order chi connectivity index (χ0) is 21.7. The fraction of sp³-hybridized carbons (Fsp3) is 0.667. The molecule has 2 rings (SSSR count). The van der Waals surface area contributed by atoms with Gasteiger partial charge in [-0.05, 0) is 25.5 Å². The summed E-state index contributed by atoms with van der Waals surface area (Å²) < 4.78 is 22.2. The second kappa shape index (κ2) is 13.4. The molecule has 30 heavy (non-hydrogen) atoms. The van der Waals surface area contributed by atoms with Crippen molar-refractivity contribution in [2.45, 2.75) is 83.5 Å². The van der Waals surface area contributed by atoms with Crippen molar-refractivity contribution in [3.05, 3.63) is 35.9 Å². The van der Waals surface area contributed by atoms with Gasteiger partial charge in [-0.3, -0.25) is 4.79 Å². The van der Waals surface area contributed by atoms with E-state index in [0.717, 1.165) is 12.8 Å². The van der Waals surface area contributed by atoms with Crippen molar-refractivity contribution in [2.75, 3.05) is 19.8 Å². The summed E-state index contributed by atoms with van der Waals surface area (Å²) in [6.07, 6.45) is 8.63. The summed E-state index contributed by atoms with van der Waals surface area (Å²) in [5.74, 6) is -1.47. The van der Waals surface area contributed by atoms with Crippen LogP contribution in [0.1, 0.15) is 82.0 Å². The maximum absolute atomic E-state index is 12.0. The Labute approximate surface area is 180 Å². The first-order valence-electron chi connectivity index (χ1n) is 11.2. The molecule has 0 amide bonds. The lowest BCUT2D eigenvalue weighted by atomic mass is 10.1. The molecule has 6 heteroatoms. The van der Waals surface area contributed by atoms with Gasteiger partial charge in [-0.15, -0.1) is 0 Å². The zero-order valence-electron chi connectivity index (χ0n) is 18.4. The Bertz CT molecular complexity index is 632. The van der Waals surface area contributed by atoms with E-state index in [9.17, 15) is 9.59 Å². The van der Waals surface area contributed by atoms with E-state index in [1.165, 1.54) is 32.1 Å². The van der Waals surface area contributed by atoms with Gasteiger partial charge in [0.15, 0.2) is 5.79 Å². The Morgan fingerprint density at radius 1 is 1.03 bits per heavy atom. The van der Waals surface area contributed by atoms with Crippen LogP contribution >= 0.6 is 0 Å². The highest BCUT2D eigenvalue weighted by molar-refractivity contribution is 5.89. The van der Waals surface area contributed by atoms with Crippen LogP contribution in [0, 0.1) is 0 Å². The molecule has 1 aliphatic heterocycles. The van der Waals surface area contributed by atoms with Gasteiger partial charge in [0.2, 0.25) is 0 Å². The maximum atomic E-state index is 12.0. The van der Waals surface area contributed by atoms with Gasteiger partial charge >= 0.3 is 11.9 Å².